The van der Waals surface area contributed by atoms with Gasteiger partial charge in [-0.1, -0.05) is 32.0 Å². The van der Waals surface area contributed by atoms with Crippen molar-refractivity contribution in [3.8, 4) is 11.5 Å². The Morgan fingerprint density at radius 1 is 1.03 bits per heavy atom. The molecule has 1 N–H and O–H groups in total. The molecule has 0 aliphatic carbocycles. The quantitative estimate of drug-likeness (QED) is 0.521. The highest BCUT2D eigenvalue weighted by atomic mass is 19.1. The summed E-state index contributed by atoms with van der Waals surface area (Å²) < 4.78 is 25.8. The Kier molecular flexibility index (Phi) is 9.09. The maximum absolute atomic E-state index is 15.0. The van der Waals surface area contributed by atoms with E-state index >= 15 is 0 Å². The van der Waals surface area contributed by atoms with Crippen LogP contribution in [0.1, 0.15) is 60.1 Å². The predicted octanol–water partition coefficient (Wildman–Crippen LogP) is 3.99. The molecule has 0 saturated heterocycles. The van der Waals surface area contributed by atoms with Crippen LogP contribution in [0.2, 0.25) is 0 Å². The molecule has 1 heterocycles. The van der Waals surface area contributed by atoms with E-state index < -0.39 is 17.8 Å². The number of rotatable bonds is 11. The summed E-state index contributed by atoms with van der Waals surface area (Å²) in [5, 5.41) is 3.05. The zero-order valence-electron chi connectivity index (χ0n) is 21.3. The Hall–Kier alpha value is -3.13. The number of hydrogen-bond acceptors (Lipinski definition) is 5. The van der Waals surface area contributed by atoms with Crippen LogP contribution in [0.4, 0.5) is 4.39 Å². The van der Waals surface area contributed by atoms with E-state index in [1.807, 2.05) is 0 Å². The fourth-order valence-electron chi connectivity index (χ4n) is 4.85. The molecule has 3 rings (SSSR count). The largest absolute Gasteiger partial charge is 0.493 e. The Labute approximate surface area is 207 Å². The number of methoxy groups -OCH3 is 2. The minimum Gasteiger partial charge on any atom is -0.493 e. The van der Waals surface area contributed by atoms with E-state index in [4.69, 9.17) is 9.47 Å². The maximum Gasteiger partial charge on any atom is 0.254 e. The van der Waals surface area contributed by atoms with E-state index in [0.717, 1.165) is 32.5 Å². The molecule has 8 heteroatoms. The molecule has 2 atom stereocenters. The van der Waals surface area contributed by atoms with E-state index in [2.05, 4.69) is 24.1 Å². The topological polar surface area (TPSA) is 71.1 Å². The number of fused-ring (bicyclic) bond motifs is 1. The lowest BCUT2D eigenvalue weighted by atomic mass is 9.79. The second kappa shape index (κ2) is 12.0. The normalized spacial score (nSPS) is 17.3. The first-order valence-electron chi connectivity index (χ1n) is 12.1. The molecule has 35 heavy (non-hydrogen) atoms. The van der Waals surface area contributed by atoms with Crippen molar-refractivity contribution in [3.05, 3.63) is 58.9 Å². The summed E-state index contributed by atoms with van der Waals surface area (Å²) in [6.07, 6.45) is 2.07. The Morgan fingerprint density at radius 2 is 1.66 bits per heavy atom. The monoisotopic (exact) mass is 485 g/mol. The predicted molar refractivity (Wildman–Crippen MR) is 134 cm³/mol. The number of carbonyl (C=O) groups excluding carboxylic acids is 2. The van der Waals surface area contributed by atoms with Crippen molar-refractivity contribution in [3.63, 3.8) is 0 Å². The first kappa shape index (κ1) is 26.5. The van der Waals surface area contributed by atoms with Gasteiger partial charge in [0, 0.05) is 31.3 Å². The van der Waals surface area contributed by atoms with Gasteiger partial charge in [0.05, 0.1) is 26.2 Å². The summed E-state index contributed by atoms with van der Waals surface area (Å²) in [6.45, 7) is 7.36. The molecule has 7 nitrogen and oxygen atoms in total. The zero-order valence-corrected chi connectivity index (χ0v) is 21.3. The van der Waals surface area contributed by atoms with Crippen LogP contribution < -0.4 is 14.8 Å². The van der Waals surface area contributed by atoms with E-state index in [0.29, 0.717) is 34.7 Å². The van der Waals surface area contributed by atoms with E-state index in [9.17, 15) is 14.0 Å². The van der Waals surface area contributed by atoms with Gasteiger partial charge in [0.25, 0.3) is 5.91 Å². The van der Waals surface area contributed by atoms with E-state index in [-0.39, 0.29) is 11.8 Å². The molecule has 0 aromatic heterocycles. The number of likely N-dealkylation sites (N-methyl/N-ethyl adjacent to an activating group) is 1. The fraction of sp³-hybridized carbons (Fsp3) is 0.481. The molecular weight excluding hydrogens is 449 g/mol. The van der Waals surface area contributed by atoms with Gasteiger partial charge in [-0.15, -0.1) is 0 Å². The summed E-state index contributed by atoms with van der Waals surface area (Å²) in [5.74, 6) is -1.06. The van der Waals surface area contributed by atoms with Crippen molar-refractivity contribution in [2.45, 2.75) is 38.6 Å². The highest BCUT2D eigenvalue weighted by molar-refractivity contribution is 6.02. The molecule has 0 fully saturated rings. The Balaban J connectivity index is 2.02. The number of ether oxygens (including phenoxy) is 2. The lowest BCUT2D eigenvalue weighted by Gasteiger charge is -2.40. The van der Waals surface area contributed by atoms with E-state index in [1.54, 1.807) is 37.4 Å². The SMILES string of the molecule is CCCN(CCC)CCNC(=O)[C@H]1c2cc(OC)c(OC)cc2C(=O)N(C)[C@H]1c1ccccc1F. The molecule has 1 aliphatic heterocycles. The number of hydrogen-bond donors (Lipinski definition) is 1. The molecule has 0 spiro atoms. The van der Waals surface area contributed by atoms with Crippen molar-refractivity contribution < 1.29 is 23.5 Å². The van der Waals surface area contributed by atoms with Crippen molar-refractivity contribution in [1.29, 1.82) is 0 Å². The molecule has 1 aliphatic rings. The van der Waals surface area contributed by atoms with Gasteiger partial charge in [0.15, 0.2) is 11.5 Å². The molecule has 2 amide bonds. The van der Waals surface area contributed by atoms with Gasteiger partial charge < -0.3 is 24.6 Å². The van der Waals surface area contributed by atoms with Crippen LogP contribution in [0, 0.1) is 5.82 Å². The van der Waals surface area contributed by atoms with Crippen molar-refractivity contribution in [2.24, 2.45) is 0 Å². The van der Waals surface area contributed by atoms with Crippen molar-refractivity contribution >= 4 is 11.8 Å². The van der Waals surface area contributed by atoms with Crippen LogP contribution >= 0.6 is 0 Å². The molecule has 2 aromatic carbocycles. The fourth-order valence-corrected chi connectivity index (χ4v) is 4.85. The van der Waals surface area contributed by atoms with Crippen LogP contribution in [0.15, 0.2) is 36.4 Å². The minimum atomic E-state index is -0.824. The zero-order chi connectivity index (χ0) is 25.5. The van der Waals surface area contributed by atoms with Crippen molar-refractivity contribution in [1.82, 2.24) is 15.1 Å². The lowest BCUT2D eigenvalue weighted by Crippen LogP contribution is -2.47. The van der Waals surface area contributed by atoms with E-state index in [1.165, 1.54) is 25.2 Å². The van der Waals surface area contributed by atoms with Gasteiger partial charge in [-0.3, -0.25) is 9.59 Å². The number of carbonyl (C=O) groups is 2. The molecule has 0 saturated carbocycles. The Morgan fingerprint density at radius 3 is 2.26 bits per heavy atom. The second-order valence-corrected chi connectivity index (χ2v) is 8.79. The number of benzene rings is 2. The highest BCUT2D eigenvalue weighted by Gasteiger charge is 2.44. The van der Waals surface area contributed by atoms with Crippen LogP contribution in [0.5, 0.6) is 11.5 Å². The van der Waals surface area contributed by atoms with Gasteiger partial charge in [0.1, 0.15) is 5.82 Å². The third-order valence-corrected chi connectivity index (χ3v) is 6.49. The number of nitrogens with zero attached hydrogens (tertiary/aromatic N) is 2. The third kappa shape index (κ3) is 5.59. The van der Waals surface area contributed by atoms with Gasteiger partial charge in [-0.05, 0) is 49.7 Å². The lowest BCUT2D eigenvalue weighted by molar-refractivity contribution is -0.124. The highest BCUT2D eigenvalue weighted by Crippen LogP contribution is 2.46. The first-order valence-corrected chi connectivity index (χ1v) is 12.1. The molecule has 0 unspecified atom stereocenters. The van der Waals surface area contributed by atoms with Crippen LogP contribution in [0.3, 0.4) is 0 Å². The van der Waals surface area contributed by atoms with Crippen LogP contribution in [-0.2, 0) is 4.79 Å². The number of nitrogens with one attached hydrogen (secondary N) is 1. The summed E-state index contributed by atoms with van der Waals surface area (Å²) in [6, 6.07) is 8.73. The standard InChI is InChI=1S/C27H36FN3O4/c1-6-13-31(14-7-2)15-12-29-26(32)24-19-16-22(34-4)23(35-5)17-20(19)27(33)30(3)25(24)18-10-8-9-11-21(18)28/h8-11,16-17,24-25H,6-7,12-15H2,1-5H3,(H,29,32)/t24-,25-/m0/s1. The van der Waals surface area contributed by atoms with Gasteiger partial charge in [-0.25, -0.2) is 4.39 Å². The molecular formula is C27H36FN3O4. The average molecular weight is 486 g/mol. The van der Waals surface area contributed by atoms with Gasteiger partial charge in [-0.2, -0.15) is 0 Å². The molecule has 0 radical (unpaired) electrons. The first-order chi connectivity index (χ1) is 16.9. The third-order valence-electron chi connectivity index (χ3n) is 6.49. The minimum absolute atomic E-state index is 0.265. The smallest absolute Gasteiger partial charge is 0.254 e. The Bertz CT molecular complexity index is 1040. The summed E-state index contributed by atoms with van der Waals surface area (Å²) in [4.78, 5) is 30.8. The van der Waals surface area contributed by atoms with Crippen LogP contribution in [0.25, 0.3) is 0 Å². The second-order valence-electron chi connectivity index (χ2n) is 8.79. The summed E-state index contributed by atoms with van der Waals surface area (Å²) >= 11 is 0. The van der Waals surface area contributed by atoms with Gasteiger partial charge in [0.2, 0.25) is 5.91 Å². The maximum atomic E-state index is 15.0. The van der Waals surface area contributed by atoms with Crippen LogP contribution in [-0.4, -0.2) is 69.1 Å². The number of halogens is 1. The van der Waals surface area contributed by atoms with Gasteiger partial charge >= 0.3 is 0 Å². The van der Waals surface area contributed by atoms with Crippen molar-refractivity contribution in [2.75, 3.05) is 47.4 Å². The summed E-state index contributed by atoms with van der Waals surface area (Å²) in [5.41, 5.74) is 1.13. The number of amides is 2. The molecule has 190 valence electrons. The summed E-state index contributed by atoms with van der Waals surface area (Å²) in [7, 11) is 4.59. The average Bonchev–Trinajstić information content (AvgIpc) is 2.86. The molecule has 0 bridgehead atoms. The molecule has 2 aromatic rings.